The maximum absolute atomic E-state index is 10.7. The minimum atomic E-state index is -0.362. The molecule has 160 valence electrons. The van der Waals surface area contributed by atoms with E-state index in [1.807, 2.05) is 12.1 Å². The van der Waals surface area contributed by atoms with Gasteiger partial charge in [0, 0.05) is 63.5 Å². The smallest absolute Gasteiger partial charge is 0.269 e. The summed E-state index contributed by atoms with van der Waals surface area (Å²) >= 11 is 0. The average Bonchev–Trinajstić information content (AvgIpc) is 2.52. The van der Waals surface area contributed by atoms with Gasteiger partial charge in [-0.2, -0.15) is 0 Å². The van der Waals surface area contributed by atoms with Gasteiger partial charge in [0.15, 0.2) is 0 Å². The first-order valence-electron chi connectivity index (χ1n) is 8.26. The van der Waals surface area contributed by atoms with Crippen LogP contribution in [0.25, 0.3) is 0 Å². The number of hydrogen-bond acceptors (Lipinski definition) is 6. The van der Waals surface area contributed by atoms with E-state index in [-0.39, 0.29) is 60.2 Å². The summed E-state index contributed by atoms with van der Waals surface area (Å²) in [6, 6.07) is 7.59. The van der Waals surface area contributed by atoms with Crippen LogP contribution >= 0.6 is 49.6 Å². The van der Waals surface area contributed by atoms with Crippen molar-refractivity contribution >= 4 is 55.3 Å². The third-order valence-electron chi connectivity index (χ3n) is 4.00. The highest BCUT2D eigenvalue weighted by molar-refractivity contribution is 5.86. The lowest BCUT2D eigenvalue weighted by Gasteiger charge is -2.23. The number of rotatable bonds is 3. The molecule has 0 radical (unpaired) electrons. The van der Waals surface area contributed by atoms with Gasteiger partial charge in [-0.1, -0.05) is 12.1 Å². The Morgan fingerprint density at radius 3 is 2.11 bits per heavy atom. The van der Waals surface area contributed by atoms with Crippen LogP contribution in [0.2, 0.25) is 0 Å². The molecule has 7 nitrogen and oxygen atoms in total. The number of non-ortho nitro benzene ring substituents is 1. The van der Waals surface area contributed by atoms with Gasteiger partial charge < -0.3 is 21.3 Å². The summed E-state index contributed by atoms with van der Waals surface area (Å²) in [6.07, 6.45) is 0.854. The molecule has 1 aliphatic heterocycles. The summed E-state index contributed by atoms with van der Waals surface area (Å²) in [7, 11) is 0. The first-order valence-corrected chi connectivity index (χ1v) is 8.26. The van der Waals surface area contributed by atoms with E-state index in [0.29, 0.717) is 12.1 Å². The van der Waals surface area contributed by atoms with Crippen molar-refractivity contribution in [1.82, 2.24) is 21.3 Å². The number of benzene rings is 1. The van der Waals surface area contributed by atoms with Gasteiger partial charge in [0.05, 0.1) is 4.92 Å². The lowest BCUT2D eigenvalue weighted by atomic mass is 10.1. The van der Waals surface area contributed by atoms with Crippen LogP contribution in [0.4, 0.5) is 5.69 Å². The summed E-state index contributed by atoms with van der Waals surface area (Å²) < 4.78 is 0. The summed E-state index contributed by atoms with van der Waals surface area (Å²) in [5.74, 6) is 0. The Morgan fingerprint density at radius 1 is 0.926 bits per heavy atom. The molecule has 2 rings (SSSR count). The first kappa shape index (κ1) is 31.3. The van der Waals surface area contributed by atoms with Crippen LogP contribution < -0.4 is 21.3 Å². The molecule has 4 N–H and O–H groups in total. The Bertz CT molecular complexity index is 496. The number of halogens is 4. The van der Waals surface area contributed by atoms with Gasteiger partial charge in [0.1, 0.15) is 0 Å². The highest BCUT2D eigenvalue weighted by Crippen LogP contribution is 2.13. The van der Waals surface area contributed by atoms with Crippen molar-refractivity contribution in [2.24, 2.45) is 0 Å². The van der Waals surface area contributed by atoms with Crippen molar-refractivity contribution in [2.45, 2.75) is 25.4 Å². The number of nitro benzene ring substituents is 1. The molecule has 0 bridgehead atoms. The van der Waals surface area contributed by atoms with Crippen molar-refractivity contribution in [2.75, 3.05) is 39.3 Å². The van der Waals surface area contributed by atoms with E-state index in [4.69, 9.17) is 0 Å². The molecule has 1 aromatic rings. The Labute approximate surface area is 186 Å². The molecule has 0 aliphatic carbocycles. The molecule has 0 spiro atoms. The molecular formula is C16H31Cl4N5O2. The molecule has 1 aliphatic rings. The van der Waals surface area contributed by atoms with Crippen LogP contribution in [0.1, 0.15) is 12.5 Å². The molecule has 0 aromatic heterocycles. The van der Waals surface area contributed by atoms with E-state index in [9.17, 15) is 10.1 Å². The van der Waals surface area contributed by atoms with E-state index in [1.165, 1.54) is 0 Å². The van der Waals surface area contributed by atoms with Crippen LogP contribution in [0.3, 0.4) is 0 Å². The first-order chi connectivity index (χ1) is 11.1. The monoisotopic (exact) mass is 465 g/mol. The van der Waals surface area contributed by atoms with Gasteiger partial charge in [-0.3, -0.25) is 10.1 Å². The Kier molecular flexibility index (Phi) is 20.5. The summed E-state index contributed by atoms with van der Waals surface area (Å²) in [5, 5.41) is 24.7. The average molecular weight is 467 g/mol. The molecule has 27 heavy (non-hydrogen) atoms. The van der Waals surface area contributed by atoms with Gasteiger partial charge in [-0.25, -0.2) is 0 Å². The van der Waals surface area contributed by atoms with Gasteiger partial charge in [0.25, 0.3) is 5.69 Å². The van der Waals surface area contributed by atoms with Crippen molar-refractivity contribution in [3.8, 4) is 0 Å². The van der Waals surface area contributed by atoms with Crippen LogP contribution in [0, 0.1) is 10.1 Å². The Morgan fingerprint density at radius 2 is 1.52 bits per heavy atom. The van der Waals surface area contributed by atoms with Gasteiger partial charge in [-0.05, 0) is 18.9 Å². The zero-order valence-electron chi connectivity index (χ0n) is 15.3. The maximum atomic E-state index is 10.7. The van der Waals surface area contributed by atoms with Crippen molar-refractivity contribution < 1.29 is 4.92 Å². The van der Waals surface area contributed by atoms with Gasteiger partial charge in [0.2, 0.25) is 0 Å². The van der Waals surface area contributed by atoms with Crippen LogP contribution in [0.15, 0.2) is 24.3 Å². The number of hydrogen-bond donors (Lipinski definition) is 4. The summed E-state index contributed by atoms with van der Waals surface area (Å²) in [6.45, 7) is 7.79. The molecule has 2 atom stereocenters. The predicted octanol–water partition coefficient (Wildman–Crippen LogP) is 1.95. The van der Waals surface area contributed by atoms with E-state index < -0.39 is 0 Å². The third-order valence-corrected chi connectivity index (χ3v) is 4.00. The minimum absolute atomic E-state index is 0. The quantitative estimate of drug-likeness (QED) is 0.402. The zero-order chi connectivity index (χ0) is 16.5. The Hall–Kier alpha value is -0.380. The second-order valence-corrected chi connectivity index (χ2v) is 6.04. The third kappa shape index (κ3) is 12.6. The molecule has 1 saturated heterocycles. The molecule has 0 saturated carbocycles. The summed E-state index contributed by atoms with van der Waals surface area (Å²) in [4.78, 5) is 10.4. The predicted molar refractivity (Wildman–Crippen MR) is 121 cm³/mol. The van der Waals surface area contributed by atoms with Crippen molar-refractivity contribution in [3.63, 3.8) is 0 Å². The van der Waals surface area contributed by atoms with E-state index >= 15 is 0 Å². The number of nitrogens with zero attached hydrogens (tertiary/aromatic N) is 1. The van der Waals surface area contributed by atoms with Crippen LogP contribution in [-0.4, -0.2) is 56.3 Å². The second kappa shape index (κ2) is 17.7. The maximum Gasteiger partial charge on any atom is 0.269 e. The van der Waals surface area contributed by atoms with Crippen LogP contribution in [-0.2, 0) is 6.42 Å². The lowest BCUT2D eigenvalue weighted by Crippen LogP contribution is -2.48. The molecule has 1 aromatic carbocycles. The zero-order valence-corrected chi connectivity index (χ0v) is 18.6. The van der Waals surface area contributed by atoms with Gasteiger partial charge in [-0.15, -0.1) is 49.6 Å². The van der Waals surface area contributed by atoms with Crippen LogP contribution in [0.5, 0.6) is 0 Å². The van der Waals surface area contributed by atoms with Crippen molar-refractivity contribution in [1.29, 1.82) is 0 Å². The normalized spacial score (nSPS) is 20.8. The SMILES string of the molecule is CC1CNCC(Cc2ccc([N+](=O)[O-])cc2)NCCNCCN1.Cl.Cl.Cl.Cl. The molecular weight excluding hydrogens is 436 g/mol. The fourth-order valence-electron chi connectivity index (χ4n) is 2.70. The molecule has 1 fully saturated rings. The highest BCUT2D eigenvalue weighted by atomic mass is 35.5. The largest absolute Gasteiger partial charge is 0.314 e. The number of nitro groups is 1. The van der Waals surface area contributed by atoms with E-state index in [2.05, 4.69) is 28.2 Å². The molecule has 11 heteroatoms. The molecule has 0 amide bonds. The fraction of sp³-hybridized carbons (Fsp3) is 0.625. The topological polar surface area (TPSA) is 91.3 Å². The standard InChI is InChI=1S/C16H27N5O2.4ClH/c1-13-11-18-12-15(20-9-7-17-6-8-19-13)10-14-2-4-16(5-3-14)21(22)23;;;;/h2-5,13,15,17-20H,6-12H2,1H3;4*1H. The Balaban J connectivity index is -0.00000144. The molecule has 1 heterocycles. The van der Waals surface area contributed by atoms with Gasteiger partial charge >= 0.3 is 0 Å². The van der Waals surface area contributed by atoms with E-state index in [1.54, 1.807) is 12.1 Å². The number of nitrogens with one attached hydrogen (secondary N) is 4. The van der Waals surface area contributed by atoms with Crippen molar-refractivity contribution in [3.05, 3.63) is 39.9 Å². The lowest BCUT2D eigenvalue weighted by molar-refractivity contribution is -0.384. The highest BCUT2D eigenvalue weighted by Gasteiger charge is 2.12. The van der Waals surface area contributed by atoms with E-state index in [0.717, 1.165) is 51.3 Å². The molecule has 2 unspecified atom stereocenters. The second-order valence-electron chi connectivity index (χ2n) is 6.04. The summed E-state index contributed by atoms with van der Waals surface area (Å²) in [5.41, 5.74) is 1.25. The minimum Gasteiger partial charge on any atom is -0.314 e. The fourth-order valence-corrected chi connectivity index (χ4v) is 2.70.